The number of hydrogen-bond acceptors (Lipinski definition) is 3. The van der Waals surface area contributed by atoms with Gasteiger partial charge in [-0.25, -0.2) is 22.3 Å². The Labute approximate surface area is 144 Å². The Bertz CT molecular complexity index is 1040. The second kappa shape index (κ2) is 5.77. The zero-order valence-corrected chi connectivity index (χ0v) is 14.4. The molecule has 3 aromatic rings. The lowest BCUT2D eigenvalue weighted by Gasteiger charge is -2.10. The van der Waals surface area contributed by atoms with Crippen LogP contribution >= 0.6 is 22.6 Å². The SMILES string of the molecule is NS(=O)(=O)c1cccc2c(-c3ccc(F)c(I)c3F)nccc12. The van der Waals surface area contributed by atoms with E-state index in [4.69, 9.17) is 5.14 Å². The molecule has 2 N–H and O–H groups in total. The molecule has 23 heavy (non-hydrogen) atoms. The zero-order valence-electron chi connectivity index (χ0n) is 11.4. The first-order valence-electron chi connectivity index (χ1n) is 6.35. The van der Waals surface area contributed by atoms with E-state index < -0.39 is 21.7 Å². The summed E-state index contributed by atoms with van der Waals surface area (Å²) in [5, 5.41) is 5.96. The molecule has 0 radical (unpaired) electrons. The summed E-state index contributed by atoms with van der Waals surface area (Å²) in [6, 6.07) is 8.39. The van der Waals surface area contributed by atoms with Crippen molar-refractivity contribution < 1.29 is 17.2 Å². The molecule has 0 unspecified atom stereocenters. The molecule has 3 rings (SSSR count). The molecule has 118 valence electrons. The van der Waals surface area contributed by atoms with Gasteiger partial charge in [-0.2, -0.15) is 0 Å². The summed E-state index contributed by atoms with van der Waals surface area (Å²) in [4.78, 5) is 4.06. The fourth-order valence-corrected chi connectivity index (χ4v) is 3.57. The zero-order chi connectivity index (χ0) is 16.8. The van der Waals surface area contributed by atoms with E-state index in [0.717, 1.165) is 6.07 Å². The lowest BCUT2D eigenvalue weighted by molar-refractivity contribution is 0.572. The topological polar surface area (TPSA) is 73.1 Å². The number of halogens is 3. The number of pyridine rings is 1. The van der Waals surface area contributed by atoms with Crippen LogP contribution in [0.25, 0.3) is 22.0 Å². The smallest absolute Gasteiger partial charge is 0.238 e. The van der Waals surface area contributed by atoms with Crippen molar-refractivity contribution in [2.45, 2.75) is 4.90 Å². The van der Waals surface area contributed by atoms with Crippen molar-refractivity contribution in [3.8, 4) is 11.3 Å². The largest absolute Gasteiger partial charge is 0.255 e. The number of sulfonamides is 1. The average molecular weight is 446 g/mol. The van der Waals surface area contributed by atoms with Crippen molar-refractivity contribution in [2.24, 2.45) is 5.14 Å². The van der Waals surface area contributed by atoms with Crippen LogP contribution in [0.15, 0.2) is 47.5 Å². The quantitative estimate of drug-likeness (QED) is 0.485. The van der Waals surface area contributed by atoms with E-state index in [9.17, 15) is 17.2 Å². The molecule has 0 aliphatic carbocycles. The molecule has 0 aliphatic rings. The van der Waals surface area contributed by atoms with Gasteiger partial charge in [-0.05, 0) is 46.9 Å². The van der Waals surface area contributed by atoms with Crippen LogP contribution in [0.1, 0.15) is 0 Å². The van der Waals surface area contributed by atoms with E-state index in [1.54, 1.807) is 28.7 Å². The van der Waals surface area contributed by atoms with Crippen molar-refractivity contribution in [1.82, 2.24) is 4.98 Å². The molecule has 2 aromatic carbocycles. The van der Waals surface area contributed by atoms with Crippen molar-refractivity contribution >= 4 is 43.4 Å². The Balaban J connectivity index is 2.39. The monoisotopic (exact) mass is 446 g/mol. The highest BCUT2D eigenvalue weighted by Gasteiger charge is 2.18. The molecule has 0 fully saturated rings. The van der Waals surface area contributed by atoms with Crippen LogP contribution in [0.2, 0.25) is 0 Å². The summed E-state index contributed by atoms with van der Waals surface area (Å²) < 4.78 is 51.1. The molecule has 0 aliphatic heterocycles. The number of fused-ring (bicyclic) bond motifs is 1. The van der Waals surface area contributed by atoms with Gasteiger partial charge in [0.05, 0.1) is 14.2 Å². The van der Waals surface area contributed by atoms with Crippen LogP contribution in [-0.2, 0) is 10.0 Å². The van der Waals surface area contributed by atoms with Gasteiger partial charge in [0.15, 0.2) is 0 Å². The maximum atomic E-state index is 14.4. The van der Waals surface area contributed by atoms with Crippen molar-refractivity contribution in [3.63, 3.8) is 0 Å². The summed E-state index contributed by atoms with van der Waals surface area (Å²) in [5.41, 5.74) is 0.316. The van der Waals surface area contributed by atoms with Crippen molar-refractivity contribution in [3.05, 3.63) is 57.8 Å². The summed E-state index contributed by atoms with van der Waals surface area (Å²) in [7, 11) is -3.94. The predicted molar refractivity (Wildman–Crippen MR) is 91.2 cm³/mol. The Morgan fingerprint density at radius 1 is 1.04 bits per heavy atom. The van der Waals surface area contributed by atoms with Gasteiger partial charge in [-0.3, -0.25) is 4.98 Å². The third kappa shape index (κ3) is 2.81. The number of primary sulfonamides is 1. The van der Waals surface area contributed by atoms with Crippen LogP contribution in [0.5, 0.6) is 0 Å². The Kier molecular flexibility index (Phi) is 4.07. The van der Waals surface area contributed by atoms with Crippen molar-refractivity contribution in [2.75, 3.05) is 0 Å². The van der Waals surface area contributed by atoms with E-state index >= 15 is 0 Å². The lowest BCUT2D eigenvalue weighted by Crippen LogP contribution is -2.12. The number of nitrogens with two attached hydrogens (primary N) is 1. The third-order valence-electron chi connectivity index (χ3n) is 3.36. The van der Waals surface area contributed by atoms with E-state index in [1.807, 2.05) is 0 Å². The first-order chi connectivity index (χ1) is 10.8. The molecule has 0 bridgehead atoms. The third-order valence-corrected chi connectivity index (χ3v) is 5.32. The Hall–Kier alpha value is -1.65. The fraction of sp³-hybridized carbons (Fsp3) is 0. The van der Waals surface area contributed by atoms with E-state index in [2.05, 4.69) is 4.98 Å². The van der Waals surface area contributed by atoms with Gasteiger partial charge >= 0.3 is 0 Å². The second-order valence-electron chi connectivity index (χ2n) is 4.78. The maximum Gasteiger partial charge on any atom is 0.238 e. The molecule has 1 heterocycles. The van der Waals surface area contributed by atoms with Crippen LogP contribution < -0.4 is 5.14 Å². The number of hydrogen-bond donors (Lipinski definition) is 1. The molecule has 4 nitrogen and oxygen atoms in total. The maximum absolute atomic E-state index is 14.4. The summed E-state index contributed by atoms with van der Waals surface area (Å²) in [5.74, 6) is -1.41. The van der Waals surface area contributed by atoms with Crippen LogP contribution in [0, 0.1) is 15.2 Å². The van der Waals surface area contributed by atoms with Gasteiger partial charge in [0.1, 0.15) is 11.6 Å². The molecule has 0 spiro atoms. The molecular weight excluding hydrogens is 437 g/mol. The number of aromatic nitrogens is 1. The Morgan fingerprint density at radius 2 is 1.78 bits per heavy atom. The molecule has 8 heteroatoms. The number of benzene rings is 2. The summed E-state index contributed by atoms with van der Waals surface area (Å²) in [6.07, 6.45) is 1.36. The predicted octanol–water partition coefficient (Wildman–Crippen LogP) is 3.43. The molecule has 1 aromatic heterocycles. The highest BCUT2D eigenvalue weighted by atomic mass is 127. The standard InChI is InChI=1S/C15H9F2IN2O2S/c16-11-5-4-10(13(17)14(11)18)15-9-2-1-3-12(23(19,21)22)8(9)6-7-20-15/h1-7H,(H2,19,21,22). The normalized spacial score (nSPS) is 11.8. The molecule has 0 saturated heterocycles. The van der Waals surface area contributed by atoms with Crippen molar-refractivity contribution in [1.29, 1.82) is 0 Å². The molecular formula is C15H9F2IN2O2S. The second-order valence-corrected chi connectivity index (χ2v) is 7.39. The minimum Gasteiger partial charge on any atom is -0.255 e. The van der Waals surface area contributed by atoms with E-state index in [1.165, 1.54) is 30.5 Å². The first-order valence-corrected chi connectivity index (χ1v) is 8.97. The highest BCUT2D eigenvalue weighted by Crippen LogP contribution is 2.33. The van der Waals surface area contributed by atoms with Gasteiger partial charge < -0.3 is 0 Å². The lowest BCUT2D eigenvalue weighted by atomic mass is 10.0. The van der Waals surface area contributed by atoms with Crippen LogP contribution in [-0.4, -0.2) is 13.4 Å². The van der Waals surface area contributed by atoms with Crippen LogP contribution in [0.4, 0.5) is 8.78 Å². The average Bonchev–Trinajstić information content (AvgIpc) is 2.51. The molecule has 0 atom stereocenters. The van der Waals surface area contributed by atoms with Gasteiger partial charge in [-0.15, -0.1) is 0 Å². The van der Waals surface area contributed by atoms with Crippen LogP contribution in [0.3, 0.4) is 0 Å². The number of nitrogens with zero attached hydrogens (tertiary/aromatic N) is 1. The highest BCUT2D eigenvalue weighted by molar-refractivity contribution is 14.1. The molecule has 0 amide bonds. The summed E-state index contributed by atoms with van der Waals surface area (Å²) >= 11 is 1.57. The van der Waals surface area contributed by atoms with Gasteiger partial charge in [0.2, 0.25) is 10.0 Å². The Morgan fingerprint density at radius 3 is 2.48 bits per heavy atom. The molecule has 0 saturated carbocycles. The minimum absolute atomic E-state index is 0.0733. The fourth-order valence-electron chi connectivity index (χ4n) is 2.35. The van der Waals surface area contributed by atoms with E-state index in [-0.39, 0.29) is 19.7 Å². The summed E-state index contributed by atoms with van der Waals surface area (Å²) in [6.45, 7) is 0. The van der Waals surface area contributed by atoms with Gasteiger partial charge in [0.25, 0.3) is 0 Å². The first kappa shape index (κ1) is 16.2. The number of rotatable bonds is 2. The van der Waals surface area contributed by atoms with Gasteiger partial charge in [-0.1, -0.05) is 12.1 Å². The minimum atomic E-state index is -3.94. The van der Waals surface area contributed by atoms with Gasteiger partial charge in [0, 0.05) is 22.5 Å². The van der Waals surface area contributed by atoms with E-state index in [0.29, 0.717) is 10.8 Å².